The molecular formula is C55H79N3O10. The first-order valence-corrected chi connectivity index (χ1v) is 25.5. The van der Waals surface area contributed by atoms with Gasteiger partial charge in [0.1, 0.15) is 24.0 Å². The molecule has 7 rings (SSSR count). The normalized spacial score (nSPS) is 36.3. The molecule has 13 nitrogen and oxygen atoms in total. The molecule has 2 N–H and O–H groups in total. The molecule has 4 fully saturated rings. The summed E-state index contributed by atoms with van der Waals surface area (Å²) in [5, 5.41) is 17.2. The minimum absolute atomic E-state index is 0.0624. The zero-order chi connectivity index (χ0) is 48.9. The number of carbonyl (C=O) groups excluding carboxylic acids is 4. The summed E-state index contributed by atoms with van der Waals surface area (Å²) in [5.74, 6) is -6.30. The van der Waals surface area contributed by atoms with Gasteiger partial charge in [-0.15, -0.1) is 6.58 Å². The van der Waals surface area contributed by atoms with E-state index in [9.17, 15) is 24.3 Å². The number of rotatable bonds is 10. The highest BCUT2D eigenvalue weighted by Gasteiger charge is 2.56. The second kappa shape index (κ2) is 22.7. The summed E-state index contributed by atoms with van der Waals surface area (Å²) in [6, 6.07) is 8.48. The van der Waals surface area contributed by atoms with Gasteiger partial charge in [-0.05, 0) is 145 Å². The number of allylic oxidation sites excluding steroid dienone is 4. The standard InChI is InChI=1S/C55H79N3O10/c1-10-13-40-27-33(2)26-34(3)28-48(65-8)51-49(66-9)30-37(6)55(63,68-51)52(60)53(61)58-24-12-11-14-45(58)54(62)67-50(35(4)15-22-46(40)59)36(5)29-38-16-20-43(47(31-38)64-7)56-41-17-21-44-39(32-41)23-25-57(44)42-18-19-42/h10,17,21,23,25,27,29,32,34-35,37-38,40,42-43,45,47-51,56,63H,1,11-16,18-20,22,24,26,28,30-31H2,2-9H3/b33-27+,36-29?. The van der Waals surface area contributed by atoms with Gasteiger partial charge in [0.15, 0.2) is 0 Å². The fourth-order valence-corrected chi connectivity index (χ4v) is 11.8. The largest absolute Gasteiger partial charge is 0.456 e. The van der Waals surface area contributed by atoms with Crippen molar-refractivity contribution in [3.63, 3.8) is 0 Å². The number of ketones is 2. The number of hydrogen-bond acceptors (Lipinski definition) is 11. The number of fused-ring (bicyclic) bond motifs is 4. The van der Waals surface area contributed by atoms with E-state index >= 15 is 0 Å². The van der Waals surface area contributed by atoms with Crippen molar-refractivity contribution in [3.8, 4) is 0 Å². The lowest BCUT2D eigenvalue weighted by atomic mass is 9.81. The predicted octanol–water partition coefficient (Wildman–Crippen LogP) is 9.08. The van der Waals surface area contributed by atoms with Crippen molar-refractivity contribution < 1.29 is 48.0 Å². The first-order chi connectivity index (χ1) is 32.6. The molecule has 5 aliphatic rings. The number of cyclic esters (lactones) is 1. The van der Waals surface area contributed by atoms with Crippen LogP contribution in [0.15, 0.2) is 66.4 Å². The summed E-state index contributed by atoms with van der Waals surface area (Å²) < 4.78 is 33.2. The maximum atomic E-state index is 14.6. The molecular weight excluding hydrogens is 863 g/mol. The number of aliphatic hydroxyl groups is 1. The zero-order valence-electron chi connectivity index (χ0n) is 42.0. The molecule has 2 saturated carbocycles. The van der Waals surface area contributed by atoms with Gasteiger partial charge >= 0.3 is 5.97 Å². The van der Waals surface area contributed by atoms with Crippen LogP contribution in [0.25, 0.3) is 10.9 Å². The van der Waals surface area contributed by atoms with E-state index in [4.69, 9.17) is 23.7 Å². The maximum Gasteiger partial charge on any atom is 0.329 e. The Morgan fingerprint density at radius 3 is 2.37 bits per heavy atom. The number of methoxy groups -OCH3 is 3. The summed E-state index contributed by atoms with van der Waals surface area (Å²) in [4.78, 5) is 58.8. The van der Waals surface area contributed by atoms with Crippen molar-refractivity contribution in [2.24, 2.45) is 29.6 Å². The highest BCUT2D eigenvalue weighted by molar-refractivity contribution is 6.39. The van der Waals surface area contributed by atoms with Gasteiger partial charge in [0, 0.05) is 75.0 Å². The third-order valence-corrected chi connectivity index (χ3v) is 15.8. The minimum atomic E-state index is -2.48. The molecule has 2 aliphatic carbocycles. The van der Waals surface area contributed by atoms with Crippen LogP contribution in [0, 0.1) is 29.6 Å². The van der Waals surface area contributed by atoms with Gasteiger partial charge in [-0.1, -0.05) is 44.6 Å². The van der Waals surface area contributed by atoms with E-state index < -0.39 is 59.8 Å². The zero-order valence-corrected chi connectivity index (χ0v) is 42.0. The van der Waals surface area contributed by atoms with Crippen LogP contribution in [-0.4, -0.2) is 114 Å². The number of aromatic nitrogens is 1. The van der Waals surface area contributed by atoms with Crippen LogP contribution in [0.3, 0.4) is 0 Å². The molecule has 1 aromatic carbocycles. The minimum Gasteiger partial charge on any atom is -0.456 e. The van der Waals surface area contributed by atoms with Gasteiger partial charge in [0.05, 0.1) is 24.4 Å². The molecule has 1 amide bonds. The van der Waals surface area contributed by atoms with Gasteiger partial charge in [-0.2, -0.15) is 0 Å². The summed E-state index contributed by atoms with van der Waals surface area (Å²) in [6.45, 7) is 13.9. The van der Waals surface area contributed by atoms with Crippen molar-refractivity contribution in [2.75, 3.05) is 33.2 Å². The molecule has 0 radical (unpaired) electrons. The Kier molecular flexibility index (Phi) is 17.3. The first-order valence-electron chi connectivity index (χ1n) is 25.5. The number of amides is 1. The third kappa shape index (κ3) is 11.7. The second-order valence-corrected chi connectivity index (χ2v) is 21.1. The number of piperidine rings is 1. The Morgan fingerprint density at radius 1 is 0.926 bits per heavy atom. The van der Waals surface area contributed by atoms with E-state index in [1.54, 1.807) is 34.3 Å². The number of anilines is 1. The maximum absolute atomic E-state index is 14.6. The second-order valence-electron chi connectivity index (χ2n) is 21.1. The number of nitrogens with one attached hydrogen (secondary N) is 1. The van der Waals surface area contributed by atoms with Crippen molar-refractivity contribution in [1.29, 1.82) is 0 Å². The van der Waals surface area contributed by atoms with E-state index in [-0.39, 0.29) is 61.0 Å². The van der Waals surface area contributed by atoms with E-state index in [2.05, 4.69) is 66.0 Å². The average Bonchev–Trinajstić information content (AvgIpc) is 4.09. The number of Topliss-reactive ketones (excluding diaryl/α,β-unsaturated/α-hetero) is 2. The first kappa shape index (κ1) is 51.7. The molecule has 13 unspecified atom stereocenters. The van der Waals surface area contributed by atoms with Crippen molar-refractivity contribution >= 4 is 40.0 Å². The van der Waals surface area contributed by atoms with Crippen molar-refractivity contribution in [3.05, 3.63) is 66.4 Å². The number of benzene rings is 1. The fourth-order valence-electron chi connectivity index (χ4n) is 11.8. The topological polar surface area (TPSA) is 155 Å². The lowest BCUT2D eigenvalue weighted by Crippen LogP contribution is -2.64. The number of esters is 1. The van der Waals surface area contributed by atoms with Gasteiger partial charge in [0.25, 0.3) is 11.7 Å². The number of ether oxygens (including phenoxy) is 5. The van der Waals surface area contributed by atoms with Crippen molar-refractivity contribution in [1.82, 2.24) is 9.47 Å². The molecule has 2 bridgehead atoms. The highest BCUT2D eigenvalue weighted by Crippen LogP contribution is 2.41. The smallest absolute Gasteiger partial charge is 0.329 e. The lowest BCUT2D eigenvalue weighted by molar-refractivity contribution is -0.302. The molecule has 3 aliphatic heterocycles. The lowest BCUT2D eigenvalue weighted by Gasteiger charge is -2.47. The Bertz CT molecular complexity index is 2180. The van der Waals surface area contributed by atoms with E-state index in [1.807, 2.05) is 20.8 Å². The quantitative estimate of drug-likeness (QED) is 0.133. The van der Waals surface area contributed by atoms with Crippen LogP contribution in [-0.2, 0) is 42.9 Å². The van der Waals surface area contributed by atoms with E-state index in [0.29, 0.717) is 51.0 Å². The van der Waals surface area contributed by atoms with Gasteiger partial charge in [-0.3, -0.25) is 14.4 Å². The summed E-state index contributed by atoms with van der Waals surface area (Å²) >= 11 is 0. The third-order valence-electron chi connectivity index (χ3n) is 15.8. The molecule has 4 heterocycles. The van der Waals surface area contributed by atoms with Crippen LogP contribution < -0.4 is 5.32 Å². The summed E-state index contributed by atoms with van der Waals surface area (Å²) in [7, 11) is 4.88. The number of carbonyl (C=O) groups is 4. The Morgan fingerprint density at radius 2 is 1.66 bits per heavy atom. The highest BCUT2D eigenvalue weighted by atomic mass is 16.7. The van der Waals surface area contributed by atoms with E-state index in [1.165, 1.54) is 28.6 Å². The molecule has 68 heavy (non-hydrogen) atoms. The molecule has 13 atom stereocenters. The van der Waals surface area contributed by atoms with Gasteiger partial charge in [-0.25, -0.2) is 4.79 Å². The van der Waals surface area contributed by atoms with Gasteiger partial charge < -0.3 is 43.6 Å². The number of hydrogen-bond donors (Lipinski definition) is 2. The number of nitrogens with zero attached hydrogens (tertiary/aromatic N) is 2. The van der Waals surface area contributed by atoms with Gasteiger partial charge in [0.2, 0.25) is 5.79 Å². The summed E-state index contributed by atoms with van der Waals surface area (Å²) in [5.41, 5.74) is 4.26. The van der Waals surface area contributed by atoms with E-state index in [0.717, 1.165) is 36.1 Å². The summed E-state index contributed by atoms with van der Waals surface area (Å²) in [6.07, 6.45) is 14.7. The van der Waals surface area contributed by atoms with Crippen LogP contribution in [0.4, 0.5) is 5.69 Å². The molecule has 1 aromatic heterocycles. The Balaban J connectivity index is 1.15. The predicted molar refractivity (Wildman–Crippen MR) is 263 cm³/mol. The average molecular weight is 942 g/mol. The molecule has 2 saturated heterocycles. The van der Waals surface area contributed by atoms with Crippen LogP contribution in [0.5, 0.6) is 0 Å². The van der Waals surface area contributed by atoms with Crippen LogP contribution in [0.2, 0.25) is 0 Å². The monoisotopic (exact) mass is 942 g/mol. The molecule has 374 valence electrons. The Hall–Kier alpha value is -4.14. The Labute approximate surface area is 404 Å². The molecule has 0 spiro atoms. The molecule has 13 heteroatoms. The SMILES string of the molecule is C=CCC1/C=C(\C)CC(C)CC(OC)C2OC(O)(C(=O)C(=O)N3CCCCC3C(=O)OC(C(C)=CC3CCC(Nc4ccc5c(ccn5C5CC5)c4)C(OC)C3)C(C)CCC1=O)C(C)CC2OC. The molecule has 2 aromatic rings. The van der Waals surface area contributed by atoms with Crippen LogP contribution in [0.1, 0.15) is 131 Å². The van der Waals surface area contributed by atoms with Crippen molar-refractivity contribution in [2.45, 2.75) is 179 Å². The fraction of sp³-hybridized carbons (Fsp3) is 0.673. The van der Waals surface area contributed by atoms with Crippen LogP contribution >= 0.6 is 0 Å².